The molecule has 0 fully saturated rings. The number of hydrogen-bond acceptors (Lipinski definition) is 4. The molecule has 4 N–H and O–H groups in total. The van der Waals surface area contributed by atoms with Gasteiger partial charge in [0.1, 0.15) is 0 Å². The summed E-state index contributed by atoms with van der Waals surface area (Å²) < 4.78 is 0. The number of nitriles is 1. The lowest BCUT2D eigenvalue weighted by molar-refractivity contribution is 1.31. The lowest BCUT2D eigenvalue weighted by Crippen LogP contribution is -1.94. The van der Waals surface area contributed by atoms with Crippen molar-refractivity contribution < 1.29 is 0 Å². The summed E-state index contributed by atoms with van der Waals surface area (Å²) in [4.78, 5) is 4.17. The van der Waals surface area contributed by atoms with Gasteiger partial charge in [-0.3, -0.25) is 4.98 Å². The Morgan fingerprint density at radius 3 is 2.69 bits per heavy atom. The maximum Gasteiger partial charge on any atom is 0.0992 e. The summed E-state index contributed by atoms with van der Waals surface area (Å²) in [6.45, 7) is 0. The fourth-order valence-electron chi connectivity index (χ4n) is 1.44. The molecule has 1 aromatic carbocycles. The van der Waals surface area contributed by atoms with Gasteiger partial charge in [-0.1, -0.05) is 0 Å². The minimum Gasteiger partial charge on any atom is -0.399 e. The molecule has 0 unspecified atom stereocenters. The van der Waals surface area contributed by atoms with Crippen molar-refractivity contribution in [2.24, 2.45) is 0 Å². The molecule has 0 amide bonds. The van der Waals surface area contributed by atoms with E-state index in [0.717, 1.165) is 5.56 Å². The van der Waals surface area contributed by atoms with Gasteiger partial charge < -0.3 is 11.5 Å². The molecule has 16 heavy (non-hydrogen) atoms. The summed E-state index contributed by atoms with van der Waals surface area (Å²) in [5.41, 5.74) is 14.7. The Hall–Kier alpha value is -2.54. The Labute approximate surface area is 93.1 Å². The molecule has 4 nitrogen and oxygen atoms in total. The zero-order chi connectivity index (χ0) is 11.5. The summed E-state index contributed by atoms with van der Waals surface area (Å²) >= 11 is 0. The van der Waals surface area contributed by atoms with Gasteiger partial charge in [0.25, 0.3) is 0 Å². The van der Waals surface area contributed by atoms with Gasteiger partial charge in [-0.2, -0.15) is 5.26 Å². The van der Waals surface area contributed by atoms with Crippen molar-refractivity contribution in [2.75, 3.05) is 11.5 Å². The highest BCUT2D eigenvalue weighted by Crippen LogP contribution is 2.26. The first-order chi connectivity index (χ1) is 7.70. The normalized spacial score (nSPS) is 9.69. The quantitative estimate of drug-likeness (QED) is 0.702. The predicted molar refractivity (Wildman–Crippen MR) is 63.2 cm³/mol. The van der Waals surface area contributed by atoms with Crippen LogP contribution in [0, 0.1) is 11.3 Å². The van der Waals surface area contributed by atoms with Gasteiger partial charge in [0.2, 0.25) is 0 Å². The maximum atomic E-state index is 8.80. The molecule has 0 aliphatic heterocycles. The highest BCUT2D eigenvalue weighted by Gasteiger charge is 2.05. The molecular weight excluding hydrogens is 200 g/mol. The van der Waals surface area contributed by atoms with Crippen LogP contribution < -0.4 is 11.5 Å². The molecule has 0 atom stereocenters. The van der Waals surface area contributed by atoms with Crippen LogP contribution in [-0.4, -0.2) is 4.98 Å². The number of pyridine rings is 1. The number of nitrogens with zero attached hydrogens (tertiary/aromatic N) is 2. The number of rotatable bonds is 1. The first-order valence-electron chi connectivity index (χ1n) is 4.72. The molecule has 0 radical (unpaired) electrons. The van der Waals surface area contributed by atoms with Crippen LogP contribution >= 0.6 is 0 Å². The van der Waals surface area contributed by atoms with Gasteiger partial charge in [-0.05, 0) is 30.3 Å². The van der Waals surface area contributed by atoms with Crippen LogP contribution in [0.25, 0.3) is 11.3 Å². The van der Waals surface area contributed by atoms with Gasteiger partial charge in [-0.15, -0.1) is 0 Å². The molecule has 0 aliphatic carbocycles. The summed E-state index contributed by atoms with van der Waals surface area (Å²) in [6.07, 6.45) is 1.58. The van der Waals surface area contributed by atoms with Gasteiger partial charge in [0.05, 0.1) is 17.3 Å². The zero-order valence-corrected chi connectivity index (χ0v) is 8.51. The molecule has 2 aromatic rings. The Morgan fingerprint density at radius 1 is 1.12 bits per heavy atom. The SMILES string of the molecule is N#Cc1ccnc(-c2cc(N)ccc2N)c1. The molecule has 0 saturated heterocycles. The maximum absolute atomic E-state index is 8.80. The van der Waals surface area contributed by atoms with Crippen molar-refractivity contribution >= 4 is 11.4 Å². The van der Waals surface area contributed by atoms with E-state index in [-0.39, 0.29) is 0 Å². The fraction of sp³-hybridized carbons (Fsp3) is 0. The van der Waals surface area contributed by atoms with E-state index in [1.165, 1.54) is 0 Å². The molecule has 0 saturated carbocycles. The van der Waals surface area contributed by atoms with E-state index >= 15 is 0 Å². The summed E-state index contributed by atoms with van der Waals surface area (Å²) in [6, 6.07) is 10.6. The predicted octanol–water partition coefficient (Wildman–Crippen LogP) is 1.78. The molecule has 1 aromatic heterocycles. The Balaban J connectivity index is 2.58. The van der Waals surface area contributed by atoms with E-state index in [0.29, 0.717) is 22.6 Å². The van der Waals surface area contributed by atoms with Gasteiger partial charge in [0, 0.05) is 23.1 Å². The van der Waals surface area contributed by atoms with Crippen LogP contribution in [0.2, 0.25) is 0 Å². The van der Waals surface area contributed by atoms with E-state index in [4.69, 9.17) is 16.7 Å². The lowest BCUT2D eigenvalue weighted by Gasteiger charge is -2.06. The molecule has 4 heteroatoms. The highest BCUT2D eigenvalue weighted by atomic mass is 14.7. The number of nitrogen functional groups attached to an aromatic ring is 2. The van der Waals surface area contributed by atoms with Crippen LogP contribution in [0.15, 0.2) is 36.5 Å². The third-order valence-corrected chi connectivity index (χ3v) is 2.24. The topological polar surface area (TPSA) is 88.7 Å². The first kappa shape index (κ1) is 9.99. The Bertz CT molecular complexity index is 569. The van der Waals surface area contributed by atoms with Crippen LogP contribution in [0.1, 0.15) is 5.56 Å². The molecule has 2 rings (SSSR count). The number of benzene rings is 1. The van der Waals surface area contributed by atoms with Crippen molar-refractivity contribution in [1.29, 1.82) is 5.26 Å². The van der Waals surface area contributed by atoms with Gasteiger partial charge in [0.15, 0.2) is 0 Å². The monoisotopic (exact) mass is 210 g/mol. The second-order valence-electron chi connectivity index (χ2n) is 3.39. The molecular formula is C12H10N4. The van der Waals surface area contributed by atoms with Crippen LogP contribution in [0.4, 0.5) is 11.4 Å². The van der Waals surface area contributed by atoms with Crippen molar-refractivity contribution in [1.82, 2.24) is 4.98 Å². The average Bonchev–Trinajstić information content (AvgIpc) is 2.32. The highest BCUT2D eigenvalue weighted by molar-refractivity contribution is 5.77. The van der Waals surface area contributed by atoms with Crippen molar-refractivity contribution in [3.05, 3.63) is 42.1 Å². The van der Waals surface area contributed by atoms with E-state index in [2.05, 4.69) is 11.1 Å². The van der Waals surface area contributed by atoms with Crippen molar-refractivity contribution in [2.45, 2.75) is 0 Å². The van der Waals surface area contributed by atoms with Crippen LogP contribution in [-0.2, 0) is 0 Å². The molecule has 0 bridgehead atoms. The smallest absolute Gasteiger partial charge is 0.0992 e. The zero-order valence-electron chi connectivity index (χ0n) is 8.51. The number of hydrogen-bond donors (Lipinski definition) is 2. The molecule has 0 spiro atoms. The summed E-state index contributed by atoms with van der Waals surface area (Å²) in [5, 5.41) is 8.80. The fourth-order valence-corrected chi connectivity index (χ4v) is 1.44. The van der Waals surface area contributed by atoms with E-state index in [9.17, 15) is 0 Å². The van der Waals surface area contributed by atoms with Gasteiger partial charge in [-0.25, -0.2) is 0 Å². The largest absolute Gasteiger partial charge is 0.399 e. The second kappa shape index (κ2) is 3.91. The second-order valence-corrected chi connectivity index (χ2v) is 3.39. The van der Waals surface area contributed by atoms with Crippen molar-refractivity contribution in [3.63, 3.8) is 0 Å². The van der Waals surface area contributed by atoms with Crippen molar-refractivity contribution in [3.8, 4) is 17.3 Å². The molecule has 78 valence electrons. The van der Waals surface area contributed by atoms with Gasteiger partial charge >= 0.3 is 0 Å². The number of anilines is 2. The minimum absolute atomic E-state index is 0.548. The number of aromatic nitrogens is 1. The van der Waals surface area contributed by atoms with E-state index < -0.39 is 0 Å². The lowest BCUT2D eigenvalue weighted by atomic mass is 10.1. The summed E-state index contributed by atoms with van der Waals surface area (Å²) in [5.74, 6) is 0. The molecule has 0 aliphatic rings. The van der Waals surface area contributed by atoms with Crippen LogP contribution in [0.3, 0.4) is 0 Å². The number of nitrogens with two attached hydrogens (primary N) is 2. The minimum atomic E-state index is 0.548. The van der Waals surface area contributed by atoms with Crippen LogP contribution in [0.5, 0.6) is 0 Å². The average molecular weight is 210 g/mol. The first-order valence-corrected chi connectivity index (χ1v) is 4.72. The Morgan fingerprint density at radius 2 is 1.94 bits per heavy atom. The summed E-state index contributed by atoms with van der Waals surface area (Å²) in [7, 11) is 0. The standard InChI is InChI=1S/C12H10N4/c13-7-8-3-4-16-12(5-8)10-6-9(14)1-2-11(10)15/h1-6H,14-15H2. The third-order valence-electron chi connectivity index (χ3n) is 2.24. The molecule has 1 heterocycles. The Kier molecular flexibility index (Phi) is 2.44. The van der Waals surface area contributed by atoms with E-state index in [1.807, 2.05) is 0 Å². The third kappa shape index (κ3) is 1.79. The van der Waals surface area contributed by atoms with E-state index in [1.54, 1.807) is 36.5 Å².